The van der Waals surface area contributed by atoms with Crippen LogP contribution >= 0.6 is 0 Å². The standard InChI is InChI=1S/C8H12N2.C2H6O.C2H6/c1-2-4-7-5-3-6-10-8(7)9;1-3-2;1-2/h3,5-6H,2,4H2,1H3,(H2,9,10);1-2H3;1-2H3. The van der Waals surface area contributed by atoms with Crippen molar-refractivity contribution >= 4 is 5.82 Å². The minimum absolute atomic E-state index is 0.671. The van der Waals surface area contributed by atoms with Crippen molar-refractivity contribution in [3.63, 3.8) is 0 Å². The predicted molar refractivity (Wildman–Crippen MR) is 66.9 cm³/mol. The maximum Gasteiger partial charge on any atom is 0.126 e. The second-order valence-electron chi connectivity index (χ2n) is 2.71. The first-order chi connectivity index (χ1) is 7.26. The molecule has 0 bridgehead atoms. The van der Waals surface area contributed by atoms with Crippen molar-refractivity contribution in [3.8, 4) is 0 Å². The van der Waals surface area contributed by atoms with Gasteiger partial charge in [-0.15, -0.1) is 0 Å². The molecule has 3 nitrogen and oxygen atoms in total. The number of aromatic nitrogens is 1. The zero-order valence-corrected chi connectivity index (χ0v) is 10.6. The number of hydrogen-bond acceptors (Lipinski definition) is 3. The van der Waals surface area contributed by atoms with Gasteiger partial charge in [0.1, 0.15) is 5.82 Å². The van der Waals surface area contributed by atoms with Gasteiger partial charge in [0, 0.05) is 20.4 Å². The third kappa shape index (κ3) is 9.22. The van der Waals surface area contributed by atoms with E-state index in [-0.39, 0.29) is 0 Å². The minimum atomic E-state index is 0.671. The van der Waals surface area contributed by atoms with Gasteiger partial charge < -0.3 is 10.5 Å². The van der Waals surface area contributed by atoms with E-state index >= 15 is 0 Å². The largest absolute Gasteiger partial charge is 0.388 e. The SMILES string of the molecule is CC.CCCc1cccnc1N.COC. The fourth-order valence-electron chi connectivity index (χ4n) is 0.932. The summed E-state index contributed by atoms with van der Waals surface area (Å²) in [7, 11) is 3.25. The Morgan fingerprint density at radius 2 is 1.87 bits per heavy atom. The van der Waals surface area contributed by atoms with Crippen molar-refractivity contribution in [1.29, 1.82) is 0 Å². The van der Waals surface area contributed by atoms with E-state index in [4.69, 9.17) is 5.73 Å². The highest BCUT2D eigenvalue weighted by Gasteiger charge is 1.94. The van der Waals surface area contributed by atoms with E-state index in [1.165, 1.54) is 0 Å². The molecule has 0 aliphatic carbocycles. The van der Waals surface area contributed by atoms with Crippen LogP contribution in [0.1, 0.15) is 32.8 Å². The highest BCUT2D eigenvalue weighted by atomic mass is 16.4. The molecule has 0 aliphatic rings. The van der Waals surface area contributed by atoms with E-state index in [1.54, 1.807) is 20.4 Å². The lowest BCUT2D eigenvalue weighted by atomic mass is 10.1. The molecular weight excluding hydrogens is 188 g/mol. The molecule has 0 spiro atoms. The number of nitrogens with two attached hydrogens (primary N) is 1. The van der Waals surface area contributed by atoms with Crippen LogP contribution in [0.5, 0.6) is 0 Å². The first kappa shape index (κ1) is 16.3. The van der Waals surface area contributed by atoms with Crippen LogP contribution in [0.2, 0.25) is 0 Å². The number of nitrogens with zero attached hydrogens (tertiary/aromatic N) is 1. The number of nitrogen functional groups attached to an aromatic ring is 1. The van der Waals surface area contributed by atoms with E-state index in [1.807, 2.05) is 26.0 Å². The van der Waals surface area contributed by atoms with E-state index < -0.39 is 0 Å². The Labute approximate surface area is 93.7 Å². The number of hydrogen-bond donors (Lipinski definition) is 1. The molecule has 1 rings (SSSR count). The fraction of sp³-hybridized carbons (Fsp3) is 0.583. The Morgan fingerprint density at radius 3 is 2.27 bits per heavy atom. The van der Waals surface area contributed by atoms with E-state index in [0.29, 0.717) is 5.82 Å². The smallest absolute Gasteiger partial charge is 0.126 e. The first-order valence-corrected chi connectivity index (χ1v) is 5.35. The summed E-state index contributed by atoms with van der Waals surface area (Å²) in [6.07, 6.45) is 3.87. The van der Waals surface area contributed by atoms with Crippen LogP contribution in [0.3, 0.4) is 0 Å². The van der Waals surface area contributed by atoms with Crippen LogP contribution in [0.4, 0.5) is 5.82 Å². The molecular formula is C12H24N2O. The molecule has 0 saturated heterocycles. The van der Waals surface area contributed by atoms with Crippen LogP contribution < -0.4 is 5.73 Å². The van der Waals surface area contributed by atoms with E-state index in [0.717, 1.165) is 18.4 Å². The number of methoxy groups -OCH3 is 1. The second kappa shape index (κ2) is 12.9. The van der Waals surface area contributed by atoms with Crippen LogP contribution in [0.25, 0.3) is 0 Å². The zero-order valence-electron chi connectivity index (χ0n) is 10.6. The molecule has 0 radical (unpaired) electrons. The Bertz CT molecular complexity index is 227. The average Bonchev–Trinajstić information content (AvgIpc) is 2.26. The summed E-state index contributed by atoms with van der Waals surface area (Å²) < 4.78 is 4.25. The molecule has 3 heteroatoms. The second-order valence-corrected chi connectivity index (χ2v) is 2.71. The maximum atomic E-state index is 5.60. The summed E-state index contributed by atoms with van der Waals surface area (Å²) in [5, 5.41) is 0. The summed E-state index contributed by atoms with van der Waals surface area (Å²) in [6, 6.07) is 3.94. The van der Waals surface area contributed by atoms with Gasteiger partial charge in [0.2, 0.25) is 0 Å². The van der Waals surface area contributed by atoms with Gasteiger partial charge in [-0.1, -0.05) is 33.3 Å². The third-order valence-electron chi connectivity index (χ3n) is 1.45. The average molecular weight is 212 g/mol. The van der Waals surface area contributed by atoms with Gasteiger partial charge in [-0.25, -0.2) is 4.98 Å². The summed E-state index contributed by atoms with van der Waals surface area (Å²) >= 11 is 0. The van der Waals surface area contributed by atoms with Crippen molar-refractivity contribution in [2.75, 3.05) is 20.0 Å². The van der Waals surface area contributed by atoms with Gasteiger partial charge >= 0.3 is 0 Å². The monoisotopic (exact) mass is 212 g/mol. The number of anilines is 1. The molecule has 0 unspecified atom stereocenters. The molecule has 1 aromatic heterocycles. The Hall–Kier alpha value is -1.09. The predicted octanol–water partition coefficient (Wildman–Crippen LogP) is 2.91. The number of rotatable bonds is 2. The van der Waals surface area contributed by atoms with Crippen LogP contribution in [0.15, 0.2) is 18.3 Å². The van der Waals surface area contributed by atoms with Gasteiger partial charge in [0.15, 0.2) is 0 Å². The summed E-state index contributed by atoms with van der Waals surface area (Å²) in [6.45, 7) is 6.13. The Balaban J connectivity index is 0. The topological polar surface area (TPSA) is 48.1 Å². The van der Waals surface area contributed by atoms with Gasteiger partial charge in [-0.2, -0.15) is 0 Å². The molecule has 0 aliphatic heterocycles. The lowest BCUT2D eigenvalue weighted by Crippen LogP contribution is -1.95. The van der Waals surface area contributed by atoms with Crippen LogP contribution in [-0.4, -0.2) is 19.2 Å². The van der Waals surface area contributed by atoms with Crippen LogP contribution in [0, 0.1) is 0 Å². The molecule has 15 heavy (non-hydrogen) atoms. The van der Waals surface area contributed by atoms with Gasteiger partial charge in [-0.3, -0.25) is 0 Å². The number of aryl methyl sites for hydroxylation is 1. The highest BCUT2D eigenvalue weighted by molar-refractivity contribution is 5.38. The highest BCUT2D eigenvalue weighted by Crippen LogP contribution is 2.08. The molecule has 1 heterocycles. The maximum absolute atomic E-state index is 5.60. The lowest BCUT2D eigenvalue weighted by molar-refractivity contribution is 0.277. The minimum Gasteiger partial charge on any atom is -0.388 e. The quantitative estimate of drug-likeness (QED) is 0.820. The molecule has 0 amide bonds. The van der Waals surface area contributed by atoms with E-state index in [9.17, 15) is 0 Å². The number of ether oxygens (including phenoxy) is 1. The molecule has 2 N–H and O–H groups in total. The van der Waals surface area contributed by atoms with Crippen molar-refractivity contribution < 1.29 is 4.74 Å². The molecule has 88 valence electrons. The molecule has 1 aromatic rings. The first-order valence-electron chi connectivity index (χ1n) is 5.35. The normalized spacial score (nSPS) is 8.07. The molecule has 0 atom stereocenters. The summed E-state index contributed by atoms with van der Waals surface area (Å²) in [4.78, 5) is 3.98. The zero-order chi connectivity index (χ0) is 12.1. The lowest BCUT2D eigenvalue weighted by Gasteiger charge is -1.99. The van der Waals surface area contributed by atoms with Crippen molar-refractivity contribution in [3.05, 3.63) is 23.9 Å². The van der Waals surface area contributed by atoms with E-state index in [2.05, 4.69) is 16.6 Å². The molecule has 0 aromatic carbocycles. The van der Waals surface area contributed by atoms with Gasteiger partial charge in [-0.05, 0) is 18.1 Å². The van der Waals surface area contributed by atoms with Gasteiger partial charge in [0.25, 0.3) is 0 Å². The molecule has 0 saturated carbocycles. The summed E-state index contributed by atoms with van der Waals surface area (Å²) in [5.41, 5.74) is 6.75. The van der Waals surface area contributed by atoms with Gasteiger partial charge in [0.05, 0.1) is 0 Å². The van der Waals surface area contributed by atoms with Crippen molar-refractivity contribution in [1.82, 2.24) is 4.98 Å². The fourth-order valence-corrected chi connectivity index (χ4v) is 0.932. The third-order valence-corrected chi connectivity index (χ3v) is 1.45. The Kier molecular flexibility index (Phi) is 14.1. The van der Waals surface area contributed by atoms with Crippen molar-refractivity contribution in [2.24, 2.45) is 0 Å². The molecule has 0 fully saturated rings. The van der Waals surface area contributed by atoms with Crippen molar-refractivity contribution in [2.45, 2.75) is 33.6 Å². The Morgan fingerprint density at radius 1 is 1.33 bits per heavy atom. The van der Waals surface area contributed by atoms with Crippen LogP contribution in [-0.2, 0) is 11.2 Å². The number of pyridine rings is 1. The summed E-state index contributed by atoms with van der Waals surface area (Å²) in [5.74, 6) is 0.671.